The highest BCUT2D eigenvalue weighted by Gasteiger charge is 2.52. The van der Waals surface area contributed by atoms with Gasteiger partial charge in [-0.25, -0.2) is 4.79 Å². The van der Waals surface area contributed by atoms with Crippen LogP contribution in [-0.4, -0.2) is 24.0 Å². The molecule has 18 heavy (non-hydrogen) atoms. The van der Waals surface area contributed by atoms with E-state index in [0.29, 0.717) is 23.4 Å². The molecule has 0 bridgehead atoms. The maximum Gasteiger partial charge on any atom is 0.350 e. The van der Waals surface area contributed by atoms with E-state index < -0.39 is 11.4 Å². The lowest BCUT2D eigenvalue weighted by molar-refractivity contribution is -0.118. The average molecular weight is 284 g/mol. The predicted molar refractivity (Wildman–Crippen MR) is 72.7 cm³/mol. The van der Waals surface area contributed by atoms with Crippen molar-refractivity contribution in [3.05, 3.63) is 16.3 Å². The van der Waals surface area contributed by atoms with Crippen molar-refractivity contribution < 1.29 is 14.3 Å². The summed E-state index contributed by atoms with van der Waals surface area (Å²) in [5.41, 5.74) is 5.28. The van der Waals surface area contributed by atoms with E-state index in [2.05, 4.69) is 10.1 Å². The number of carbonyl (C=O) groups is 2. The van der Waals surface area contributed by atoms with Crippen LogP contribution < -0.4 is 11.1 Å². The third-order valence-electron chi connectivity index (χ3n) is 2.94. The van der Waals surface area contributed by atoms with Crippen LogP contribution in [0.4, 0.5) is 5.69 Å². The second kappa shape index (κ2) is 4.66. The van der Waals surface area contributed by atoms with Gasteiger partial charge in [0, 0.05) is 0 Å². The van der Waals surface area contributed by atoms with Gasteiger partial charge in [0.1, 0.15) is 4.88 Å². The van der Waals surface area contributed by atoms with E-state index in [1.54, 1.807) is 11.4 Å². The normalized spacial score (nSPS) is 15.8. The van der Waals surface area contributed by atoms with Crippen molar-refractivity contribution >= 4 is 46.1 Å². The lowest BCUT2D eigenvalue weighted by Crippen LogP contribution is -2.35. The zero-order chi connectivity index (χ0) is 13.3. The highest BCUT2D eigenvalue weighted by atomic mass is 32.1. The van der Waals surface area contributed by atoms with Gasteiger partial charge in [0.25, 0.3) is 0 Å². The molecule has 1 heterocycles. The summed E-state index contributed by atoms with van der Waals surface area (Å²) in [5, 5.41) is 4.40. The molecule has 3 N–H and O–H groups in total. The number of rotatable bonds is 4. The number of hydrogen-bond acceptors (Lipinski definition) is 5. The van der Waals surface area contributed by atoms with Crippen LogP contribution in [-0.2, 0) is 9.53 Å². The Bertz CT molecular complexity index is 520. The maximum absolute atomic E-state index is 12.1. The predicted octanol–water partition coefficient (Wildman–Crippen LogP) is 1.54. The van der Waals surface area contributed by atoms with Crippen LogP contribution in [0.25, 0.3) is 0 Å². The highest BCUT2D eigenvalue weighted by molar-refractivity contribution is 7.80. The molecule has 0 aromatic carbocycles. The minimum absolute atomic E-state index is 0.204. The quantitative estimate of drug-likeness (QED) is 0.647. The van der Waals surface area contributed by atoms with Crippen LogP contribution in [0.15, 0.2) is 11.4 Å². The van der Waals surface area contributed by atoms with Crippen LogP contribution in [0.3, 0.4) is 0 Å². The lowest BCUT2D eigenvalue weighted by Gasteiger charge is -2.13. The summed E-state index contributed by atoms with van der Waals surface area (Å²) in [6.07, 6.45) is 1.32. The van der Waals surface area contributed by atoms with Crippen LogP contribution >= 0.6 is 23.6 Å². The molecule has 0 aliphatic heterocycles. The highest BCUT2D eigenvalue weighted by Crippen LogP contribution is 2.47. The van der Waals surface area contributed by atoms with Gasteiger partial charge in [-0.3, -0.25) is 4.79 Å². The first-order valence-electron chi connectivity index (χ1n) is 5.28. The number of nitrogens with one attached hydrogen (secondary N) is 1. The van der Waals surface area contributed by atoms with E-state index in [-0.39, 0.29) is 10.9 Å². The van der Waals surface area contributed by atoms with Gasteiger partial charge >= 0.3 is 5.97 Å². The van der Waals surface area contributed by atoms with Crippen molar-refractivity contribution in [2.75, 3.05) is 12.4 Å². The Kier molecular flexibility index (Phi) is 3.36. The largest absolute Gasteiger partial charge is 0.465 e. The van der Waals surface area contributed by atoms with Crippen LogP contribution in [0.1, 0.15) is 22.5 Å². The summed E-state index contributed by atoms with van der Waals surface area (Å²) in [4.78, 5) is 24.1. The first-order valence-corrected chi connectivity index (χ1v) is 6.57. The number of anilines is 1. The molecule has 0 radical (unpaired) electrons. The molecule has 1 aliphatic rings. The lowest BCUT2D eigenvalue weighted by atomic mass is 10.1. The smallest absolute Gasteiger partial charge is 0.350 e. The van der Waals surface area contributed by atoms with Crippen molar-refractivity contribution in [1.82, 2.24) is 0 Å². The third-order valence-corrected chi connectivity index (χ3v) is 4.23. The molecular weight excluding hydrogens is 272 g/mol. The van der Waals surface area contributed by atoms with Gasteiger partial charge in [0.2, 0.25) is 5.91 Å². The Hall–Kier alpha value is -1.47. The second-order valence-corrected chi connectivity index (χ2v) is 5.41. The zero-order valence-corrected chi connectivity index (χ0v) is 11.3. The molecule has 0 saturated heterocycles. The Labute approximate surface area is 113 Å². The molecule has 1 fully saturated rings. The number of amides is 1. The van der Waals surface area contributed by atoms with Crippen molar-refractivity contribution in [3.63, 3.8) is 0 Å². The second-order valence-electron chi connectivity index (χ2n) is 4.06. The Morgan fingerprint density at radius 2 is 2.22 bits per heavy atom. The molecule has 1 aromatic heterocycles. The Morgan fingerprint density at radius 3 is 2.72 bits per heavy atom. The topological polar surface area (TPSA) is 81.4 Å². The van der Waals surface area contributed by atoms with Crippen LogP contribution in [0.2, 0.25) is 0 Å². The third kappa shape index (κ3) is 2.11. The fourth-order valence-electron chi connectivity index (χ4n) is 1.61. The van der Waals surface area contributed by atoms with E-state index in [0.717, 1.165) is 0 Å². The zero-order valence-electron chi connectivity index (χ0n) is 9.69. The van der Waals surface area contributed by atoms with E-state index in [9.17, 15) is 9.59 Å². The first-order chi connectivity index (χ1) is 8.51. The number of carbonyl (C=O) groups excluding carboxylic acids is 2. The molecule has 0 atom stereocenters. The van der Waals surface area contributed by atoms with Gasteiger partial charge < -0.3 is 15.8 Å². The maximum atomic E-state index is 12.1. The van der Waals surface area contributed by atoms with Gasteiger partial charge in [-0.1, -0.05) is 12.2 Å². The first kappa shape index (κ1) is 13.0. The minimum atomic E-state index is -0.731. The van der Waals surface area contributed by atoms with Crippen molar-refractivity contribution in [1.29, 1.82) is 0 Å². The fourth-order valence-corrected chi connectivity index (χ4v) is 2.67. The summed E-state index contributed by atoms with van der Waals surface area (Å²) in [5.74, 6) is -0.723. The van der Waals surface area contributed by atoms with E-state index in [1.165, 1.54) is 18.4 Å². The monoisotopic (exact) mass is 284 g/mol. The molecule has 96 valence electrons. The molecule has 2 rings (SSSR count). The number of ether oxygens (including phenoxy) is 1. The van der Waals surface area contributed by atoms with Crippen molar-refractivity contribution in [3.8, 4) is 0 Å². The Morgan fingerprint density at radius 1 is 1.56 bits per heavy atom. The van der Waals surface area contributed by atoms with Gasteiger partial charge in [-0.2, -0.15) is 0 Å². The number of hydrogen-bond donors (Lipinski definition) is 2. The summed E-state index contributed by atoms with van der Waals surface area (Å²) >= 11 is 6.11. The number of thiophene rings is 1. The molecule has 7 heteroatoms. The van der Waals surface area contributed by atoms with Gasteiger partial charge in [0.15, 0.2) is 0 Å². The number of methoxy groups -OCH3 is 1. The molecule has 5 nitrogen and oxygen atoms in total. The van der Waals surface area contributed by atoms with Crippen LogP contribution in [0, 0.1) is 5.41 Å². The van der Waals surface area contributed by atoms with Crippen LogP contribution in [0.5, 0.6) is 0 Å². The summed E-state index contributed by atoms with van der Waals surface area (Å²) in [6.45, 7) is 0. The standard InChI is InChI=1S/C11H12N2O3S2/c1-16-8(14)7-6(2-5-18-7)13-10(15)11(3-4-11)9(12)17/h2,5H,3-4H2,1H3,(H2,12,17)(H,13,15). The van der Waals surface area contributed by atoms with E-state index >= 15 is 0 Å². The molecule has 1 aliphatic carbocycles. The molecule has 1 saturated carbocycles. The summed E-state index contributed by atoms with van der Waals surface area (Å²) < 4.78 is 4.64. The van der Waals surface area contributed by atoms with Gasteiger partial charge in [-0.05, 0) is 24.3 Å². The summed E-state index contributed by atoms with van der Waals surface area (Å²) in [6, 6.07) is 1.66. The van der Waals surface area contributed by atoms with Gasteiger partial charge in [-0.15, -0.1) is 11.3 Å². The number of nitrogens with two attached hydrogens (primary N) is 1. The fraction of sp³-hybridized carbons (Fsp3) is 0.364. The molecule has 1 aromatic rings. The van der Waals surface area contributed by atoms with Gasteiger partial charge in [0.05, 0.1) is 23.2 Å². The number of esters is 1. The molecular formula is C11H12N2O3S2. The van der Waals surface area contributed by atoms with Crippen molar-refractivity contribution in [2.24, 2.45) is 11.1 Å². The minimum Gasteiger partial charge on any atom is -0.465 e. The SMILES string of the molecule is COC(=O)c1sccc1NC(=O)C1(C(N)=S)CC1. The van der Waals surface area contributed by atoms with E-state index in [1.807, 2.05) is 0 Å². The molecule has 1 amide bonds. The number of thiocarbonyl (C=S) groups is 1. The van der Waals surface area contributed by atoms with Crippen molar-refractivity contribution in [2.45, 2.75) is 12.8 Å². The van der Waals surface area contributed by atoms with E-state index in [4.69, 9.17) is 18.0 Å². The Balaban J connectivity index is 2.16. The summed E-state index contributed by atoms with van der Waals surface area (Å²) in [7, 11) is 1.30. The average Bonchev–Trinajstić information content (AvgIpc) is 3.04. The molecule has 0 spiro atoms. The molecule has 0 unspecified atom stereocenters.